The van der Waals surface area contributed by atoms with E-state index in [2.05, 4.69) is 41.2 Å². The minimum Gasteiger partial charge on any atom is -0.306 e. The molecule has 0 unspecified atom stereocenters. The van der Waals surface area contributed by atoms with Gasteiger partial charge in [-0.05, 0) is 32.9 Å². The fourth-order valence-corrected chi connectivity index (χ4v) is 1.55. The zero-order valence-electron chi connectivity index (χ0n) is 11.1. The van der Waals surface area contributed by atoms with Gasteiger partial charge >= 0.3 is 0 Å². The van der Waals surface area contributed by atoms with Crippen LogP contribution in [0.4, 0.5) is 0 Å². The normalized spacial score (nSPS) is 11.7. The van der Waals surface area contributed by atoms with Crippen LogP contribution in [0, 0.1) is 0 Å². The Bertz CT molecular complexity index is 484. The second-order valence-electron chi connectivity index (χ2n) is 5.32. The summed E-state index contributed by atoms with van der Waals surface area (Å²) in [6.45, 7) is 7.86. The molecule has 2 rings (SSSR count). The lowest BCUT2D eigenvalue weighted by atomic mass is 10.1. The van der Waals surface area contributed by atoms with Gasteiger partial charge in [-0.15, -0.1) is 0 Å². The van der Waals surface area contributed by atoms with Crippen LogP contribution in [-0.2, 0) is 13.1 Å². The van der Waals surface area contributed by atoms with Crippen molar-refractivity contribution in [3.8, 4) is 0 Å². The number of hydrogen-bond donors (Lipinski definition) is 1. The number of rotatable bonds is 4. The molecule has 5 heteroatoms. The molecule has 2 aromatic heterocycles. The van der Waals surface area contributed by atoms with E-state index in [9.17, 15) is 0 Å². The highest BCUT2D eigenvalue weighted by Gasteiger charge is 2.09. The van der Waals surface area contributed by atoms with Gasteiger partial charge in [0.05, 0.1) is 17.9 Å². The summed E-state index contributed by atoms with van der Waals surface area (Å²) in [4.78, 5) is 8.52. The van der Waals surface area contributed by atoms with E-state index in [1.165, 1.54) is 6.33 Å². The molecular formula is C13H19N5. The first kappa shape index (κ1) is 12.7. The Labute approximate surface area is 107 Å². The zero-order valence-corrected chi connectivity index (χ0v) is 11.1. The third kappa shape index (κ3) is 3.92. The van der Waals surface area contributed by atoms with Crippen LogP contribution >= 0.6 is 0 Å². The number of nitrogens with zero attached hydrogens (tertiary/aromatic N) is 4. The van der Waals surface area contributed by atoms with Gasteiger partial charge in [0.1, 0.15) is 12.7 Å². The van der Waals surface area contributed by atoms with E-state index in [-0.39, 0.29) is 5.54 Å². The first-order chi connectivity index (χ1) is 8.53. The predicted octanol–water partition coefficient (Wildman–Crippen LogP) is 1.61. The molecule has 0 fully saturated rings. The molecule has 0 amide bonds. The van der Waals surface area contributed by atoms with Gasteiger partial charge in [0.15, 0.2) is 0 Å². The van der Waals surface area contributed by atoms with Crippen molar-refractivity contribution in [1.29, 1.82) is 0 Å². The van der Waals surface area contributed by atoms with E-state index < -0.39 is 0 Å². The maximum Gasteiger partial charge on any atom is 0.137 e. The molecule has 2 heterocycles. The van der Waals surface area contributed by atoms with E-state index in [0.717, 1.165) is 17.9 Å². The quantitative estimate of drug-likeness (QED) is 0.889. The van der Waals surface area contributed by atoms with Crippen molar-refractivity contribution in [3.05, 3.63) is 42.2 Å². The van der Waals surface area contributed by atoms with Crippen LogP contribution in [-0.4, -0.2) is 25.3 Å². The van der Waals surface area contributed by atoms with E-state index >= 15 is 0 Å². The molecule has 0 bridgehead atoms. The molecule has 0 aliphatic heterocycles. The standard InChI is InChI=1S/C13H19N5/c1-13(2,3)15-7-11-5-4-6-12(17-11)8-18-10-14-9-16-18/h4-6,9-10,15H,7-8H2,1-3H3. The summed E-state index contributed by atoms with van der Waals surface area (Å²) in [5, 5.41) is 7.50. The predicted molar refractivity (Wildman–Crippen MR) is 70.0 cm³/mol. The number of aromatic nitrogens is 4. The maximum absolute atomic E-state index is 4.60. The Kier molecular flexibility index (Phi) is 3.72. The van der Waals surface area contributed by atoms with Crippen LogP contribution in [0.1, 0.15) is 32.2 Å². The summed E-state index contributed by atoms with van der Waals surface area (Å²) in [5.41, 5.74) is 2.14. The molecule has 1 N–H and O–H groups in total. The SMILES string of the molecule is CC(C)(C)NCc1cccc(Cn2cncn2)n1. The number of nitrogens with one attached hydrogen (secondary N) is 1. The van der Waals surface area contributed by atoms with Gasteiger partial charge in [-0.25, -0.2) is 9.67 Å². The minimum atomic E-state index is 0.101. The summed E-state index contributed by atoms with van der Waals surface area (Å²) in [6.07, 6.45) is 3.23. The lowest BCUT2D eigenvalue weighted by Crippen LogP contribution is -2.35. The van der Waals surface area contributed by atoms with E-state index in [4.69, 9.17) is 0 Å². The Morgan fingerprint density at radius 1 is 1.22 bits per heavy atom. The Balaban J connectivity index is 2.01. The molecule has 0 aliphatic carbocycles. The van der Waals surface area contributed by atoms with Crippen molar-refractivity contribution in [1.82, 2.24) is 25.1 Å². The molecule has 0 atom stereocenters. The van der Waals surface area contributed by atoms with Gasteiger partial charge in [0.2, 0.25) is 0 Å². The van der Waals surface area contributed by atoms with Crippen molar-refractivity contribution < 1.29 is 0 Å². The molecule has 0 aromatic carbocycles. The number of pyridine rings is 1. The molecule has 0 saturated heterocycles. The van der Waals surface area contributed by atoms with Gasteiger partial charge in [0, 0.05) is 12.1 Å². The third-order valence-corrected chi connectivity index (χ3v) is 2.45. The van der Waals surface area contributed by atoms with Crippen molar-refractivity contribution in [2.75, 3.05) is 0 Å². The molecule has 5 nitrogen and oxygen atoms in total. The van der Waals surface area contributed by atoms with E-state index in [1.807, 2.05) is 18.2 Å². The molecule has 96 valence electrons. The van der Waals surface area contributed by atoms with Crippen LogP contribution in [0.5, 0.6) is 0 Å². The van der Waals surface area contributed by atoms with Crippen LogP contribution in [0.25, 0.3) is 0 Å². The zero-order chi connectivity index (χ0) is 13.0. The van der Waals surface area contributed by atoms with Crippen LogP contribution < -0.4 is 5.32 Å². The molecule has 0 radical (unpaired) electrons. The summed E-state index contributed by atoms with van der Waals surface area (Å²) >= 11 is 0. The van der Waals surface area contributed by atoms with Gasteiger partial charge in [-0.2, -0.15) is 5.10 Å². The summed E-state index contributed by atoms with van der Waals surface area (Å²) in [6, 6.07) is 6.06. The highest BCUT2D eigenvalue weighted by Crippen LogP contribution is 2.04. The van der Waals surface area contributed by atoms with Crippen molar-refractivity contribution >= 4 is 0 Å². The maximum atomic E-state index is 4.60. The summed E-state index contributed by atoms with van der Waals surface area (Å²) < 4.78 is 1.77. The van der Waals surface area contributed by atoms with Gasteiger partial charge in [-0.3, -0.25) is 4.98 Å². The van der Waals surface area contributed by atoms with Gasteiger partial charge < -0.3 is 5.32 Å². The summed E-state index contributed by atoms with van der Waals surface area (Å²) in [5.74, 6) is 0. The van der Waals surface area contributed by atoms with Crippen LogP contribution in [0.3, 0.4) is 0 Å². The fourth-order valence-electron chi connectivity index (χ4n) is 1.55. The summed E-state index contributed by atoms with van der Waals surface area (Å²) in [7, 11) is 0. The smallest absolute Gasteiger partial charge is 0.137 e. The van der Waals surface area contributed by atoms with Gasteiger partial charge in [0.25, 0.3) is 0 Å². The topological polar surface area (TPSA) is 55.6 Å². The average molecular weight is 245 g/mol. The molecule has 18 heavy (non-hydrogen) atoms. The third-order valence-electron chi connectivity index (χ3n) is 2.45. The Morgan fingerprint density at radius 3 is 2.67 bits per heavy atom. The Morgan fingerprint density at radius 2 is 2.00 bits per heavy atom. The van der Waals surface area contributed by atoms with Crippen molar-refractivity contribution in [2.24, 2.45) is 0 Å². The van der Waals surface area contributed by atoms with Crippen molar-refractivity contribution in [3.63, 3.8) is 0 Å². The van der Waals surface area contributed by atoms with Crippen LogP contribution in [0.2, 0.25) is 0 Å². The largest absolute Gasteiger partial charge is 0.306 e. The second-order valence-corrected chi connectivity index (χ2v) is 5.32. The number of hydrogen-bond acceptors (Lipinski definition) is 4. The second kappa shape index (κ2) is 5.27. The molecule has 0 spiro atoms. The van der Waals surface area contributed by atoms with E-state index in [0.29, 0.717) is 6.54 Å². The monoisotopic (exact) mass is 245 g/mol. The molecule has 0 aliphatic rings. The first-order valence-corrected chi connectivity index (χ1v) is 6.05. The van der Waals surface area contributed by atoms with Gasteiger partial charge in [-0.1, -0.05) is 6.07 Å². The molecule has 0 saturated carbocycles. The highest BCUT2D eigenvalue weighted by molar-refractivity contribution is 5.11. The average Bonchev–Trinajstić information content (AvgIpc) is 2.79. The minimum absolute atomic E-state index is 0.101. The molecule has 2 aromatic rings. The fraction of sp³-hybridized carbons (Fsp3) is 0.462. The van der Waals surface area contributed by atoms with Crippen LogP contribution in [0.15, 0.2) is 30.9 Å². The lowest BCUT2D eigenvalue weighted by molar-refractivity contribution is 0.421. The first-order valence-electron chi connectivity index (χ1n) is 6.05. The Hall–Kier alpha value is -1.75. The molecular weight excluding hydrogens is 226 g/mol. The lowest BCUT2D eigenvalue weighted by Gasteiger charge is -2.20. The van der Waals surface area contributed by atoms with Crippen molar-refractivity contribution in [2.45, 2.75) is 39.4 Å². The highest BCUT2D eigenvalue weighted by atomic mass is 15.3. The van der Waals surface area contributed by atoms with E-state index in [1.54, 1.807) is 11.0 Å².